The van der Waals surface area contributed by atoms with E-state index in [1.165, 1.54) is 0 Å². The number of ketones is 2. The van der Waals surface area contributed by atoms with Gasteiger partial charge in [-0.2, -0.15) is 0 Å². The lowest BCUT2D eigenvalue weighted by molar-refractivity contribution is -0.117. The van der Waals surface area contributed by atoms with Gasteiger partial charge in [0.2, 0.25) is 0 Å². The summed E-state index contributed by atoms with van der Waals surface area (Å²) in [6.45, 7) is 3.71. The van der Waals surface area contributed by atoms with Crippen LogP contribution in [0.2, 0.25) is 0 Å². The van der Waals surface area contributed by atoms with Crippen molar-refractivity contribution in [3.63, 3.8) is 0 Å². The molecule has 1 unspecified atom stereocenters. The fourth-order valence-corrected chi connectivity index (χ4v) is 3.05. The van der Waals surface area contributed by atoms with Crippen LogP contribution in [0, 0.1) is 5.41 Å². The SMILES string of the molecule is CCCC1(CCC(C)=O)Cc2ccccc2C1=O. The molecule has 1 aromatic carbocycles. The minimum absolute atomic E-state index is 0.175. The molecule has 18 heavy (non-hydrogen) atoms. The van der Waals surface area contributed by atoms with Gasteiger partial charge in [-0.05, 0) is 31.7 Å². The van der Waals surface area contributed by atoms with E-state index in [0.717, 1.165) is 30.4 Å². The first-order chi connectivity index (χ1) is 8.59. The Morgan fingerprint density at radius 1 is 1.28 bits per heavy atom. The third-order valence-corrected chi connectivity index (χ3v) is 3.96. The normalized spacial score (nSPS) is 22.0. The number of fused-ring (bicyclic) bond motifs is 1. The summed E-state index contributed by atoms with van der Waals surface area (Å²) in [6, 6.07) is 7.87. The first kappa shape index (κ1) is 13.0. The molecule has 0 aromatic heterocycles. The first-order valence-corrected chi connectivity index (χ1v) is 6.71. The average molecular weight is 244 g/mol. The second-order valence-corrected chi connectivity index (χ2v) is 5.40. The lowest BCUT2D eigenvalue weighted by Gasteiger charge is -2.26. The Bertz CT molecular complexity index is 476. The molecule has 2 nitrogen and oxygen atoms in total. The van der Waals surface area contributed by atoms with Crippen LogP contribution in [0.3, 0.4) is 0 Å². The zero-order valence-electron chi connectivity index (χ0n) is 11.2. The monoisotopic (exact) mass is 244 g/mol. The van der Waals surface area contributed by atoms with Crippen molar-refractivity contribution in [1.82, 2.24) is 0 Å². The van der Waals surface area contributed by atoms with E-state index in [-0.39, 0.29) is 17.0 Å². The Morgan fingerprint density at radius 3 is 2.61 bits per heavy atom. The number of hydrogen-bond donors (Lipinski definition) is 0. The molecule has 0 spiro atoms. The Hall–Kier alpha value is -1.44. The molecule has 0 bridgehead atoms. The van der Waals surface area contributed by atoms with E-state index in [9.17, 15) is 9.59 Å². The van der Waals surface area contributed by atoms with Gasteiger partial charge in [-0.25, -0.2) is 0 Å². The molecule has 0 fully saturated rings. The number of rotatable bonds is 5. The maximum absolute atomic E-state index is 12.6. The molecular weight excluding hydrogens is 224 g/mol. The molecule has 96 valence electrons. The molecule has 2 heteroatoms. The number of carbonyl (C=O) groups excluding carboxylic acids is 2. The Kier molecular flexibility index (Phi) is 3.65. The van der Waals surface area contributed by atoms with Crippen LogP contribution in [0.4, 0.5) is 0 Å². The molecule has 1 aromatic rings. The van der Waals surface area contributed by atoms with Crippen molar-refractivity contribution in [1.29, 1.82) is 0 Å². The standard InChI is InChI=1S/C16H20O2/c1-3-9-16(10-8-12(2)17)11-13-6-4-5-7-14(13)15(16)18/h4-7H,3,8-11H2,1-2H3. The number of benzene rings is 1. The highest BCUT2D eigenvalue weighted by Gasteiger charge is 2.43. The molecular formula is C16H20O2. The summed E-state index contributed by atoms with van der Waals surface area (Å²) in [5.41, 5.74) is 1.71. The number of carbonyl (C=O) groups is 2. The summed E-state index contributed by atoms with van der Waals surface area (Å²) in [5, 5.41) is 0. The molecule has 0 aliphatic heterocycles. The van der Waals surface area contributed by atoms with E-state index in [0.29, 0.717) is 12.8 Å². The number of Topliss-reactive ketones (excluding diaryl/α,β-unsaturated/α-hetero) is 2. The second-order valence-electron chi connectivity index (χ2n) is 5.40. The van der Waals surface area contributed by atoms with Crippen molar-refractivity contribution in [3.05, 3.63) is 35.4 Å². The molecule has 2 rings (SSSR count). The summed E-state index contributed by atoms with van der Waals surface area (Å²) in [4.78, 5) is 23.8. The lowest BCUT2D eigenvalue weighted by atomic mass is 9.75. The van der Waals surface area contributed by atoms with Gasteiger partial charge in [0.1, 0.15) is 5.78 Å². The van der Waals surface area contributed by atoms with Crippen LogP contribution in [0.5, 0.6) is 0 Å². The Labute approximate surface area is 108 Å². The highest BCUT2D eigenvalue weighted by molar-refractivity contribution is 6.05. The van der Waals surface area contributed by atoms with E-state index in [4.69, 9.17) is 0 Å². The maximum atomic E-state index is 12.6. The van der Waals surface area contributed by atoms with Crippen molar-refractivity contribution in [3.8, 4) is 0 Å². The molecule has 1 aliphatic rings. The second kappa shape index (κ2) is 5.05. The van der Waals surface area contributed by atoms with Crippen molar-refractivity contribution < 1.29 is 9.59 Å². The van der Waals surface area contributed by atoms with Crippen LogP contribution in [-0.4, -0.2) is 11.6 Å². The van der Waals surface area contributed by atoms with Crippen LogP contribution in [0.1, 0.15) is 55.5 Å². The van der Waals surface area contributed by atoms with Crippen molar-refractivity contribution >= 4 is 11.6 Å². The van der Waals surface area contributed by atoms with E-state index in [1.807, 2.05) is 24.3 Å². The maximum Gasteiger partial charge on any atom is 0.169 e. The van der Waals surface area contributed by atoms with Gasteiger partial charge in [0.25, 0.3) is 0 Å². The highest BCUT2D eigenvalue weighted by Crippen LogP contribution is 2.43. The molecule has 0 saturated carbocycles. The van der Waals surface area contributed by atoms with Gasteiger partial charge < -0.3 is 4.79 Å². The largest absolute Gasteiger partial charge is 0.300 e. The van der Waals surface area contributed by atoms with Crippen LogP contribution in [0.25, 0.3) is 0 Å². The molecule has 0 amide bonds. The van der Waals surface area contributed by atoms with E-state index in [2.05, 4.69) is 6.92 Å². The van der Waals surface area contributed by atoms with Crippen molar-refractivity contribution in [2.24, 2.45) is 5.41 Å². The van der Waals surface area contributed by atoms with E-state index < -0.39 is 0 Å². The average Bonchev–Trinajstić information content (AvgIpc) is 2.62. The van der Waals surface area contributed by atoms with E-state index >= 15 is 0 Å². The molecule has 1 atom stereocenters. The van der Waals surface area contributed by atoms with Crippen LogP contribution >= 0.6 is 0 Å². The quantitative estimate of drug-likeness (QED) is 0.793. The molecule has 0 N–H and O–H groups in total. The van der Waals surface area contributed by atoms with Gasteiger partial charge in [0.15, 0.2) is 5.78 Å². The Morgan fingerprint density at radius 2 is 2.00 bits per heavy atom. The molecule has 0 radical (unpaired) electrons. The van der Waals surface area contributed by atoms with Gasteiger partial charge in [-0.3, -0.25) is 4.79 Å². The van der Waals surface area contributed by atoms with Gasteiger partial charge in [-0.15, -0.1) is 0 Å². The summed E-state index contributed by atoms with van der Waals surface area (Å²) >= 11 is 0. The zero-order valence-corrected chi connectivity index (χ0v) is 11.2. The Balaban J connectivity index is 2.28. The predicted molar refractivity (Wildman–Crippen MR) is 71.7 cm³/mol. The van der Waals surface area contributed by atoms with Gasteiger partial charge in [0.05, 0.1) is 0 Å². The fraction of sp³-hybridized carbons (Fsp3) is 0.500. The van der Waals surface area contributed by atoms with E-state index in [1.54, 1.807) is 6.92 Å². The van der Waals surface area contributed by atoms with Crippen LogP contribution in [0.15, 0.2) is 24.3 Å². The predicted octanol–water partition coefficient (Wildman–Crippen LogP) is 3.58. The summed E-state index contributed by atoms with van der Waals surface area (Å²) in [7, 11) is 0. The van der Waals surface area contributed by atoms with Crippen molar-refractivity contribution in [2.75, 3.05) is 0 Å². The summed E-state index contributed by atoms with van der Waals surface area (Å²) < 4.78 is 0. The zero-order chi connectivity index (χ0) is 13.2. The van der Waals surface area contributed by atoms with Gasteiger partial charge >= 0.3 is 0 Å². The fourth-order valence-electron chi connectivity index (χ4n) is 3.05. The van der Waals surface area contributed by atoms with Gasteiger partial charge in [0, 0.05) is 17.4 Å². The smallest absolute Gasteiger partial charge is 0.169 e. The van der Waals surface area contributed by atoms with Gasteiger partial charge in [-0.1, -0.05) is 37.6 Å². The summed E-state index contributed by atoms with van der Waals surface area (Å²) in [5.74, 6) is 0.426. The van der Waals surface area contributed by atoms with Crippen LogP contribution < -0.4 is 0 Å². The topological polar surface area (TPSA) is 34.1 Å². The third kappa shape index (κ3) is 2.24. The first-order valence-electron chi connectivity index (χ1n) is 6.71. The van der Waals surface area contributed by atoms with Crippen molar-refractivity contribution in [2.45, 2.75) is 46.0 Å². The number of hydrogen-bond acceptors (Lipinski definition) is 2. The highest BCUT2D eigenvalue weighted by atomic mass is 16.1. The molecule has 0 heterocycles. The lowest BCUT2D eigenvalue weighted by Crippen LogP contribution is -2.28. The minimum atomic E-state index is -0.315. The molecule has 1 aliphatic carbocycles. The minimum Gasteiger partial charge on any atom is -0.300 e. The molecule has 0 saturated heterocycles. The summed E-state index contributed by atoms with van der Waals surface area (Å²) in [6.07, 6.45) is 3.89. The van der Waals surface area contributed by atoms with Crippen LogP contribution in [-0.2, 0) is 11.2 Å². The third-order valence-electron chi connectivity index (χ3n) is 3.96.